The predicted octanol–water partition coefficient (Wildman–Crippen LogP) is 2.89. The fourth-order valence-corrected chi connectivity index (χ4v) is 2.47. The Hall–Kier alpha value is -2.62. The van der Waals surface area contributed by atoms with Crippen LogP contribution in [0.25, 0.3) is 5.65 Å². The maximum Gasteiger partial charge on any atom is 0.259 e. The van der Waals surface area contributed by atoms with Gasteiger partial charge in [0.15, 0.2) is 0 Å². The summed E-state index contributed by atoms with van der Waals surface area (Å²) in [5, 5.41) is 0. The van der Waals surface area contributed by atoms with Gasteiger partial charge in [-0.2, -0.15) is 0 Å². The first kappa shape index (κ1) is 14.3. The van der Waals surface area contributed by atoms with E-state index in [1.165, 1.54) is 11.1 Å². The van der Waals surface area contributed by atoms with Crippen LogP contribution in [0.3, 0.4) is 0 Å². The fourth-order valence-electron chi connectivity index (χ4n) is 2.47. The van der Waals surface area contributed by atoms with E-state index in [2.05, 4.69) is 36.2 Å². The first-order valence-electron chi connectivity index (χ1n) is 7.45. The minimum absolute atomic E-state index is 0.0613. The molecule has 112 valence electrons. The molecule has 1 aromatic carbocycles. The lowest BCUT2D eigenvalue weighted by molar-refractivity contribution is 0.886. The Morgan fingerprint density at radius 1 is 1.09 bits per heavy atom. The molecule has 3 rings (SSSR count). The molecule has 0 amide bonds. The average Bonchev–Trinajstić information content (AvgIpc) is 2.55. The van der Waals surface area contributed by atoms with Gasteiger partial charge in [0.1, 0.15) is 11.5 Å². The van der Waals surface area contributed by atoms with E-state index in [1.54, 1.807) is 16.7 Å². The minimum Gasteiger partial charge on any atom is -0.355 e. The number of hydrogen-bond acceptors (Lipinski definition) is 3. The summed E-state index contributed by atoms with van der Waals surface area (Å²) in [6.45, 7) is 2.87. The Bertz CT molecular complexity index is 837. The van der Waals surface area contributed by atoms with E-state index in [9.17, 15) is 4.79 Å². The lowest BCUT2D eigenvalue weighted by atomic mass is 10.1. The zero-order valence-corrected chi connectivity index (χ0v) is 12.9. The highest BCUT2D eigenvalue weighted by Gasteiger charge is 2.07. The fraction of sp³-hybridized carbons (Fsp3) is 0.222. The lowest BCUT2D eigenvalue weighted by Gasteiger charge is -2.18. The number of nitrogens with zero attached hydrogens (tertiary/aromatic N) is 3. The molecule has 0 spiro atoms. The summed E-state index contributed by atoms with van der Waals surface area (Å²) in [6, 6.07) is 15.7. The number of pyridine rings is 1. The van der Waals surface area contributed by atoms with E-state index in [-0.39, 0.29) is 5.56 Å². The number of fused-ring (bicyclic) bond motifs is 1. The second-order valence-corrected chi connectivity index (χ2v) is 5.41. The number of hydrogen-bond donors (Lipinski definition) is 0. The van der Waals surface area contributed by atoms with Gasteiger partial charge in [-0.1, -0.05) is 37.3 Å². The molecular weight excluding hydrogens is 274 g/mol. The summed E-state index contributed by atoms with van der Waals surface area (Å²) >= 11 is 0. The topological polar surface area (TPSA) is 37.6 Å². The van der Waals surface area contributed by atoms with Gasteiger partial charge < -0.3 is 4.90 Å². The van der Waals surface area contributed by atoms with Crippen molar-refractivity contribution in [1.29, 1.82) is 0 Å². The van der Waals surface area contributed by atoms with Crippen LogP contribution in [-0.2, 0) is 13.0 Å². The summed E-state index contributed by atoms with van der Waals surface area (Å²) in [7, 11) is 1.95. The number of anilines is 1. The van der Waals surface area contributed by atoms with Crippen LogP contribution in [0.4, 0.5) is 5.82 Å². The molecule has 4 heteroatoms. The molecule has 0 bridgehead atoms. The maximum atomic E-state index is 12.1. The quantitative estimate of drug-likeness (QED) is 0.742. The molecule has 0 atom stereocenters. The molecule has 0 aliphatic carbocycles. The third-order valence-corrected chi connectivity index (χ3v) is 3.80. The molecule has 0 saturated carbocycles. The number of aryl methyl sites for hydroxylation is 1. The zero-order chi connectivity index (χ0) is 15.5. The van der Waals surface area contributed by atoms with Crippen LogP contribution in [0.5, 0.6) is 0 Å². The molecule has 0 saturated heterocycles. The monoisotopic (exact) mass is 293 g/mol. The van der Waals surface area contributed by atoms with Crippen molar-refractivity contribution < 1.29 is 0 Å². The van der Waals surface area contributed by atoms with Crippen molar-refractivity contribution in [2.45, 2.75) is 19.9 Å². The maximum absolute atomic E-state index is 12.1. The Kier molecular flexibility index (Phi) is 3.92. The molecule has 0 N–H and O–H groups in total. The molecule has 0 aliphatic heterocycles. The van der Waals surface area contributed by atoms with Crippen LogP contribution >= 0.6 is 0 Å². The Morgan fingerprint density at radius 2 is 1.82 bits per heavy atom. The van der Waals surface area contributed by atoms with Gasteiger partial charge >= 0.3 is 0 Å². The van der Waals surface area contributed by atoms with Gasteiger partial charge in [-0.3, -0.25) is 9.20 Å². The molecule has 0 aliphatic rings. The minimum atomic E-state index is -0.0613. The summed E-state index contributed by atoms with van der Waals surface area (Å²) in [5.41, 5.74) is 3.13. The van der Waals surface area contributed by atoms with Crippen molar-refractivity contribution in [3.8, 4) is 0 Å². The Labute approximate surface area is 129 Å². The van der Waals surface area contributed by atoms with E-state index < -0.39 is 0 Å². The Balaban J connectivity index is 1.88. The van der Waals surface area contributed by atoms with E-state index in [1.807, 2.05) is 30.1 Å². The van der Waals surface area contributed by atoms with E-state index in [0.29, 0.717) is 11.5 Å². The third-order valence-electron chi connectivity index (χ3n) is 3.80. The highest BCUT2D eigenvalue weighted by atomic mass is 16.1. The normalized spacial score (nSPS) is 10.8. The number of benzene rings is 1. The summed E-state index contributed by atoms with van der Waals surface area (Å²) < 4.78 is 1.55. The number of aromatic nitrogens is 2. The van der Waals surface area contributed by atoms with Gasteiger partial charge in [0.05, 0.1) is 0 Å². The summed E-state index contributed by atoms with van der Waals surface area (Å²) in [5.74, 6) is 0.691. The molecule has 2 heterocycles. The summed E-state index contributed by atoms with van der Waals surface area (Å²) in [6.07, 6.45) is 2.77. The molecular formula is C18H19N3O. The van der Waals surface area contributed by atoms with Gasteiger partial charge in [0.25, 0.3) is 5.56 Å². The van der Waals surface area contributed by atoms with Gasteiger partial charge in [-0.05, 0) is 29.7 Å². The highest BCUT2D eigenvalue weighted by molar-refractivity contribution is 5.48. The molecule has 0 fully saturated rings. The zero-order valence-electron chi connectivity index (χ0n) is 12.9. The molecule has 2 aromatic heterocycles. The van der Waals surface area contributed by atoms with Crippen molar-refractivity contribution in [3.63, 3.8) is 0 Å². The standard InChI is InChI=1S/C18H19N3O/c1-3-14-7-9-15(10-8-14)13-20(2)17-12-18(22)21-11-5-4-6-16(21)19-17/h4-12H,3,13H2,1-2H3. The van der Waals surface area contributed by atoms with Crippen LogP contribution in [0, 0.1) is 0 Å². The average molecular weight is 293 g/mol. The third kappa shape index (κ3) is 2.86. The van der Waals surface area contributed by atoms with Gasteiger partial charge in [-0.15, -0.1) is 0 Å². The molecule has 4 nitrogen and oxygen atoms in total. The molecule has 22 heavy (non-hydrogen) atoms. The van der Waals surface area contributed by atoms with Crippen LogP contribution in [0.1, 0.15) is 18.1 Å². The smallest absolute Gasteiger partial charge is 0.259 e. The molecule has 0 radical (unpaired) electrons. The largest absolute Gasteiger partial charge is 0.355 e. The first-order valence-corrected chi connectivity index (χ1v) is 7.45. The van der Waals surface area contributed by atoms with Crippen molar-refractivity contribution >= 4 is 11.5 Å². The van der Waals surface area contributed by atoms with E-state index in [4.69, 9.17) is 0 Å². The van der Waals surface area contributed by atoms with Crippen molar-refractivity contribution in [3.05, 3.63) is 76.2 Å². The molecule has 0 unspecified atom stereocenters. The second kappa shape index (κ2) is 6.02. The van der Waals surface area contributed by atoms with Gasteiger partial charge in [-0.25, -0.2) is 4.98 Å². The predicted molar refractivity (Wildman–Crippen MR) is 89.4 cm³/mol. The van der Waals surface area contributed by atoms with Crippen LogP contribution in [-0.4, -0.2) is 16.4 Å². The first-order chi connectivity index (χ1) is 10.7. The van der Waals surface area contributed by atoms with Crippen molar-refractivity contribution in [2.24, 2.45) is 0 Å². The van der Waals surface area contributed by atoms with Crippen molar-refractivity contribution in [2.75, 3.05) is 11.9 Å². The van der Waals surface area contributed by atoms with Gasteiger partial charge in [0, 0.05) is 25.9 Å². The van der Waals surface area contributed by atoms with Crippen LogP contribution < -0.4 is 10.5 Å². The molecule has 3 aromatic rings. The highest BCUT2D eigenvalue weighted by Crippen LogP contribution is 2.13. The van der Waals surface area contributed by atoms with E-state index >= 15 is 0 Å². The Morgan fingerprint density at radius 3 is 2.55 bits per heavy atom. The van der Waals surface area contributed by atoms with Gasteiger partial charge in [0.2, 0.25) is 0 Å². The lowest BCUT2D eigenvalue weighted by Crippen LogP contribution is -2.22. The van der Waals surface area contributed by atoms with Crippen LogP contribution in [0.15, 0.2) is 59.5 Å². The SMILES string of the molecule is CCc1ccc(CN(C)c2cc(=O)n3ccccc3n2)cc1. The summed E-state index contributed by atoms with van der Waals surface area (Å²) in [4.78, 5) is 18.7. The van der Waals surface area contributed by atoms with Crippen molar-refractivity contribution in [1.82, 2.24) is 9.38 Å². The second-order valence-electron chi connectivity index (χ2n) is 5.41. The van der Waals surface area contributed by atoms with Crippen LogP contribution in [0.2, 0.25) is 0 Å². The van der Waals surface area contributed by atoms with E-state index in [0.717, 1.165) is 13.0 Å². The number of rotatable bonds is 4.